The summed E-state index contributed by atoms with van der Waals surface area (Å²) in [6.07, 6.45) is -0.815. The number of aryl methyl sites for hydroxylation is 1. The molecular weight excluding hydrogens is 374 g/mol. The fraction of sp³-hybridized carbons (Fsp3) is 0.412. The van der Waals surface area contributed by atoms with Crippen LogP contribution in [0.2, 0.25) is 0 Å². The number of benzene rings is 1. The van der Waals surface area contributed by atoms with Crippen LogP contribution in [0, 0.1) is 6.92 Å². The first-order valence-corrected chi connectivity index (χ1v) is 9.90. The van der Waals surface area contributed by atoms with Crippen LogP contribution >= 0.6 is 0 Å². The summed E-state index contributed by atoms with van der Waals surface area (Å²) in [6.45, 7) is 1.31. The number of aliphatic hydroxyl groups is 1. The maximum atomic E-state index is 13.2. The average molecular weight is 395 g/mol. The van der Waals surface area contributed by atoms with E-state index in [0.29, 0.717) is 0 Å². The summed E-state index contributed by atoms with van der Waals surface area (Å²) in [7, 11) is -2.32. The maximum absolute atomic E-state index is 13.2. The van der Waals surface area contributed by atoms with Gasteiger partial charge in [0.05, 0.1) is 17.5 Å². The van der Waals surface area contributed by atoms with Gasteiger partial charge in [0.1, 0.15) is 11.4 Å². The molecule has 0 saturated carbocycles. The van der Waals surface area contributed by atoms with E-state index in [9.17, 15) is 23.1 Å². The SMILES string of the molecule is CN[C@@H]1[C@H](S(=O)(=O)c2ccc(C)cc2)[C@@H](CO)O[C@H]1n1ccc(=O)[nH]c1=O. The van der Waals surface area contributed by atoms with Crippen molar-refractivity contribution in [1.82, 2.24) is 14.9 Å². The van der Waals surface area contributed by atoms with E-state index in [-0.39, 0.29) is 4.90 Å². The van der Waals surface area contributed by atoms with Crippen LogP contribution in [0.25, 0.3) is 0 Å². The minimum atomic E-state index is -3.87. The van der Waals surface area contributed by atoms with Gasteiger partial charge in [-0.3, -0.25) is 14.3 Å². The number of nitrogens with zero attached hydrogens (tertiary/aromatic N) is 1. The number of aromatic amines is 1. The molecule has 1 fully saturated rings. The van der Waals surface area contributed by atoms with Crippen LogP contribution in [-0.2, 0) is 14.6 Å². The third kappa shape index (κ3) is 3.48. The fourth-order valence-corrected chi connectivity index (χ4v) is 5.37. The van der Waals surface area contributed by atoms with Crippen LogP contribution in [0.3, 0.4) is 0 Å². The molecule has 2 aromatic rings. The van der Waals surface area contributed by atoms with Crippen molar-refractivity contribution in [3.63, 3.8) is 0 Å². The van der Waals surface area contributed by atoms with E-state index in [2.05, 4.69) is 10.3 Å². The largest absolute Gasteiger partial charge is 0.394 e. The zero-order valence-corrected chi connectivity index (χ0v) is 15.6. The maximum Gasteiger partial charge on any atom is 0.330 e. The molecular formula is C17H21N3O6S. The number of rotatable bonds is 5. The van der Waals surface area contributed by atoms with Crippen molar-refractivity contribution in [1.29, 1.82) is 0 Å². The van der Waals surface area contributed by atoms with Crippen molar-refractivity contribution in [3.05, 3.63) is 62.9 Å². The highest BCUT2D eigenvalue weighted by atomic mass is 32.2. The zero-order valence-electron chi connectivity index (χ0n) is 14.8. The van der Waals surface area contributed by atoms with Crippen molar-refractivity contribution < 1.29 is 18.3 Å². The number of likely N-dealkylation sites (N-methyl/N-ethyl adjacent to an activating group) is 1. The molecule has 3 N–H and O–H groups in total. The van der Waals surface area contributed by atoms with Gasteiger partial charge in [-0.25, -0.2) is 13.2 Å². The predicted octanol–water partition coefficient (Wildman–Crippen LogP) is -0.835. The second-order valence-corrected chi connectivity index (χ2v) is 8.51. The first-order valence-electron chi connectivity index (χ1n) is 8.35. The standard InChI is InChI=1S/C17H21N3O6S/c1-10-3-5-11(6-4-10)27(24,25)15-12(9-21)26-16(14(15)18-2)20-8-7-13(22)19-17(20)23/h3-8,12,14-16,18,21H,9H2,1-2H3,(H,19,22,23)/t12-,14-,15-,16-/m1/s1. The molecule has 1 aliphatic heterocycles. The summed E-state index contributed by atoms with van der Waals surface area (Å²) in [5, 5.41) is 11.5. The third-order valence-corrected chi connectivity index (χ3v) is 6.93. The first kappa shape index (κ1) is 19.5. The molecule has 0 radical (unpaired) electrons. The Labute approximate surface area is 155 Å². The zero-order chi connectivity index (χ0) is 19.8. The van der Waals surface area contributed by atoms with E-state index in [1.165, 1.54) is 18.3 Å². The lowest BCUT2D eigenvalue weighted by Gasteiger charge is -2.24. The van der Waals surface area contributed by atoms with Crippen molar-refractivity contribution in [2.75, 3.05) is 13.7 Å². The van der Waals surface area contributed by atoms with Gasteiger partial charge in [-0.2, -0.15) is 0 Å². The van der Waals surface area contributed by atoms with Crippen molar-refractivity contribution in [3.8, 4) is 0 Å². The number of ether oxygens (including phenoxy) is 1. The smallest absolute Gasteiger partial charge is 0.330 e. The number of aliphatic hydroxyl groups excluding tert-OH is 1. The minimum absolute atomic E-state index is 0.106. The third-order valence-electron chi connectivity index (χ3n) is 4.69. The van der Waals surface area contributed by atoms with E-state index in [1.807, 2.05) is 6.92 Å². The lowest BCUT2D eigenvalue weighted by Crippen LogP contribution is -2.48. The summed E-state index contributed by atoms with van der Waals surface area (Å²) in [6, 6.07) is 6.71. The Hall–Kier alpha value is -2.27. The normalized spacial score (nSPS) is 25.6. The lowest BCUT2D eigenvalue weighted by molar-refractivity contribution is -0.0296. The van der Waals surface area contributed by atoms with Gasteiger partial charge in [0.2, 0.25) is 0 Å². The number of H-pyrrole nitrogens is 1. The fourth-order valence-electron chi connectivity index (χ4n) is 3.33. The van der Waals surface area contributed by atoms with E-state index in [1.54, 1.807) is 19.2 Å². The van der Waals surface area contributed by atoms with Crippen molar-refractivity contribution in [2.45, 2.75) is 35.4 Å². The molecule has 0 aliphatic carbocycles. The molecule has 9 nitrogen and oxygen atoms in total. The minimum Gasteiger partial charge on any atom is -0.394 e. The van der Waals surface area contributed by atoms with Gasteiger partial charge in [0, 0.05) is 12.3 Å². The molecule has 1 aliphatic rings. The highest BCUT2D eigenvalue weighted by Gasteiger charge is 2.51. The molecule has 10 heteroatoms. The first-order chi connectivity index (χ1) is 12.8. The molecule has 0 amide bonds. The molecule has 27 heavy (non-hydrogen) atoms. The van der Waals surface area contributed by atoms with Crippen LogP contribution in [0.1, 0.15) is 11.8 Å². The van der Waals surface area contributed by atoms with Crippen LogP contribution in [0.5, 0.6) is 0 Å². The second kappa shape index (κ2) is 7.39. The Morgan fingerprint density at radius 2 is 1.89 bits per heavy atom. The number of nitrogens with one attached hydrogen (secondary N) is 2. The van der Waals surface area contributed by atoms with E-state index < -0.39 is 51.3 Å². The quantitative estimate of drug-likeness (QED) is 0.602. The Morgan fingerprint density at radius 3 is 2.44 bits per heavy atom. The summed E-state index contributed by atoms with van der Waals surface area (Å²) in [4.78, 5) is 25.7. The Kier molecular flexibility index (Phi) is 5.33. The topological polar surface area (TPSA) is 130 Å². The molecule has 2 heterocycles. The highest BCUT2D eigenvalue weighted by Crippen LogP contribution is 2.35. The predicted molar refractivity (Wildman–Crippen MR) is 97.3 cm³/mol. The van der Waals surface area contributed by atoms with Gasteiger partial charge >= 0.3 is 5.69 Å². The summed E-state index contributed by atoms with van der Waals surface area (Å²) in [5.41, 5.74) is -0.381. The van der Waals surface area contributed by atoms with Crippen molar-refractivity contribution >= 4 is 9.84 Å². The Bertz CT molecular complexity index is 1030. The van der Waals surface area contributed by atoms with E-state index in [0.717, 1.165) is 16.2 Å². The molecule has 4 atom stereocenters. The number of hydrogen-bond acceptors (Lipinski definition) is 7. The molecule has 3 rings (SSSR count). The van der Waals surface area contributed by atoms with E-state index >= 15 is 0 Å². The molecule has 146 valence electrons. The van der Waals surface area contributed by atoms with Crippen LogP contribution in [0.4, 0.5) is 0 Å². The summed E-state index contributed by atoms with van der Waals surface area (Å²) >= 11 is 0. The summed E-state index contributed by atoms with van der Waals surface area (Å²) < 4.78 is 33.3. The molecule has 0 spiro atoms. The van der Waals surface area contributed by atoms with Gasteiger partial charge < -0.3 is 15.2 Å². The van der Waals surface area contributed by atoms with Crippen LogP contribution in [-0.4, -0.2) is 54.1 Å². The van der Waals surface area contributed by atoms with Gasteiger partial charge in [-0.1, -0.05) is 17.7 Å². The molecule has 1 saturated heterocycles. The van der Waals surface area contributed by atoms with E-state index in [4.69, 9.17) is 4.74 Å². The average Bonchev–Trinajstić information content (AvgIpc) is 3.01. The Morgan fingerprint density at radius 1 is 1.22 bits per heavy atom. The molecule has 1 aromatic heterocycles. The molecule has 0 bridgehead atoms. The monoisotopic (exact) mass is 395 g/mol. The number of aromatic nitrogens is 2. The highest BCUT2D eigenvalue weighted by molar-refractivity contribution is 7.92. The number of sulfone groups is 1. The van der Waals surface area contributed by atoms with Gasteiger partial charge in [0.25, 0.3) is 5.56 Å². The van der Waals surface area contributed by atoms with Crippen molar-refractivity contribution in [2.24, 2.45) is 0 Å². The second-order valence-electron chi connectivity index (χ2n) is 6.40. The molecule has 0 unspecified atom stereocenters. The van der Waals surface area contributed by atoms with Gasteiger partial charge in [-0.05, 0) is 26.1 Å². The number of hydrogen-bond donors (Lipinski definition) is 3. The lowest BCUT2D eigenvalue weighted by atomic mass is 10.1. The van der Waals surface area contributed by atoms with Crippen LogP contribution in [0.15, 0.2) is 51.0 Å². The van der Waals surface area contributed by atoms with Gasteiger partial charge in [-0.15, -0.1) is 0 Å². The van der Waals surface area contributed by atoms with Gasteiger partial charge in [0.15, 0.2) is 16.1 Å². The Balaban J connectivity index is 2.07. The van der Waals surface area contributed by atoms with Crippen LogP contribution < -0.4 is 16.6 Å². The summed E-state index contributed by atoms with van der Waals surface area (Å²) in [5.74, 6) is 0. The molecule has 1 aromatic carbocycles.